The van der Waals surface area contributed by atoms with E-state index in [4.69, 9.17) is 18.5 Å². The maximum Gasteiger partial charge on any atom is 0.267 e. The van der Waals surface area contributed by atoms with E-state index in [0.717, 1.165) is 42.2 Å². The third-order valence-electron chi connectivity index (χ3n) is 10.1. The zero-order valence-corrected chi connectivity index (χ0v) is 29.2. The number of fused-ring (bicyclic) bond motifs is 2. The minimum Gasteiger partial charge on any atom is -0.756 e. The SMILES string of the molecule is CCCCCCCCCCCCCCCCOCC(COP(=O)([O-])OCC1CCC2CCC1[N+]2(C)C)OCc1ccccc1. The van der Waals surface area contributed by atoms with Gasteiger partial charge in [-0.25, -0.2) is 0 Å². The number of nitrogens with zero attached hydrogens (tertiary/aromatic N) is 1. The predicted molar refractivity (Wildman–Crippen MR) is 177 cm³/mol. The van der Waals surface area contributed by atoms with Crippen LogP contribution in [0.15, 0.2) is 30.3 Å². The van der Waals surface area contributed by atoms with Crippen molar-refractivity contribution in [3.05, 3.63) is 35.9 Å². The molecule has 0 aromatic heterocycles. The first-order valence-electron chi connectivity index (χ1n) is 18.0. The van der Waals surface area contributed by atoms with Gasteiger partial charge in [0.05, 0.1) is 52.6 Å². The van der Waals surface area contributed by atoms with Crippen LogP contribution in [0.5, 0.6) is 0 Å². The highest BCUT2D eigenvalue weighted by molar-refractivity contribution is 7.45. The summed E-state index contributed by atoms with van der Waals surface area (Å²) >= 11 is 0. The molecule has 7 nitrogen and oxygen atoms in total. The van der Waals surface area contributed by atoms with E-state index >= 15 is 0 Å². The number of phosphoric acid groups is 1. The lowest BCUT2D eigenvalue weighted by Crippen LogP contribution is -2.56. The molecule has 5 atom stereocenters. The number of unbranched alkanes of at least 4 members (excludes halogenated alkanes) is 13. The maximum absolute atomic E-state index is 12.7. The van der Waals surface area contributed by atoms with E-state index in [2.05, 4.69) is 21.0 Å². The van der Waals surface area contributed by atoms with E-state index in [0.29, 0.717) is 31.9 Å². The molecule has 2 saturated heterocycles. The van der Waals surface area contributed by atoms with Crippen LogP contribution in [0, 0.1) is 5.92 Å². The number of hydrogen-bond acceptors (Lipinski definition) is 6. The highest BCUT2D eigenvalue weighted by Crippen LogP contribution is 2.46. The van der Waals surface area contributed by atoms with Gasteiger partial charge in [0.1, 0.15) is 6.10 Å². The van der Waals surface area contributed by atoms with Crippen LogP contribution in [0.25, 0.3) is 0 Å². The van der Waals surface area contributed by atoms with Crippen molar-refractivity contribution >= 4 is 7.82 Å². The van der Waals surface area contributed by atoms with Crippen molar-refractivity contribution in [1.82, 2.24) is 0 Å². The zero-order valence-electron chi connectivity index (χ0n) is 28.3. The third-order valence-corrected chi connectivity index (χ3v) is 11.1. The van der Waals surface area contributed by atoms with Gasteiger partial charge in [-0.15, -0.1) is 0 Å². The van der Waals surface area contributed by atoms with Crippen molar-refractivity contribution in [2.75, 3.05) is 40.5 Å². The monoisotopic (exact) mass is 637 g/mol. The molecule has 2 bridgehead atoms. The largest absolute Gasteiger partial charge is 0.756 e. The predicted octanol–water partition coefficient (Wildman–Crippen LogP) is 8.59. The Bertz CT molecular complexity index is 915. The molecule has 8 heteroatoms. The van der Waals surface area contributed by atoms with E-state index in [1.807, 2.05) is 30.3 Å². The van der Waals surface area contributed by atoms with Crippen LogP contribution in [0.3, 0.4) is 0 Å². The lowest BCUT2D eigenvalue weighted by atomic mass is 9.89. The van der Waals surface area contributed by atoms with Gasteiger partial charge >= 0.3 is 0 Å². The molecule has 5 unspecified atom stereocenters. The Morgan fingerprint density at radius 2 is 1.39 bits per heavy atom. The summed E-state index contributed by atoms with van der Waals surface area (Å²) < 4.78 is 36.5. The van der Waals surface area contributed by atoms with Crippen LogP contribution in [0.4, 0.5) is 0 Å². The van der Waals surface area contributed by atoms with Crippen molar-refractivity contribution in [2.45, 2.75) is 147 Å². The molecule has 0 radical (unpaired) electrons. The molecule has 2 heterocycles. The Morgan fingerprint density at radius 1 is 0.795 bits per heavy atom. The number of ether oxygens (including phenoxy) is 2. The molecule has 1 aromatic carbocycles. The normalized spacial score (nSPS) is 23.0. The molecule has 2 aliphatic rings. The maximum atomic E-state index is 12.7. The zero-order chi connectivity index (χ0) is 31.5. The third kappa shape index (κ3) is 14.3. The van der Waals surface area contributed by atoms with E-state index in [9.17, 15) is 9.46 Å². The summed E-state index contributed by atoms with van der Waals surface area (Å²) in [4.78, 5) is 12.7. The van der Waals surface area contributed by atoms with Gasteiger partial charge in [-0.2, -0.15) is 0 Å². The van der Waals surface area contributed by atoms with Gasteiger partial charge < -0.3 is 27.9 Å². The molecule has 44 heavy (non-hydrogen) atoms. The van der Waals surface area contributed by atoms with Crippen molar-refractivity contribution < 1.29 is 32.5 Å². The summed E-state index contributed by atoms with van der Waals surface area (Å²) in [5.41, 5.74) is 1.03. The van der Waals surface area contributed by atoms with Crippen molar-refractivity contribution in [3.63, 3.8) is 0 Å². The minimum atomic E-state index is -4.44. The van der Waals surface area contributed by atoms with Crippen molar-refractivity contribution in [2.24, 2.45) is 5.92 Å². The Labute approximate surface area is 269 Å². The number of hydrogen-bond donors (Lipinski definition) is 0. The Kier molecular flexibility index (Phi) is 18.1. The van der Waals surface area contributed by atoms with Gasteiger partial charge in [-0.05, 0) is 18.4 Å². The van der Waals surface area contributed by atoms with Crippen molar-refractivity contribution in [3.8, 4) is 0 Å². The van der Waals surface area contributed by atoms with Crippen LogP contribution in [0.1, 0.15) is 128 Å². The highest BCUT2D eigenvalue weighted by Gasteiger charge is 2.50. The van der Waals surface area contributed by atoms with E-state index in [1.54, 1.807) is 0 Å². The van der Waals surface area contributed by atoms with Crippen molar-refractivity contribution in [1.29, 1.82) is 0 Å². The summed E-state index contributed by atoms with van der Waals surface area (Å²) in [6.07, 6.45) is 22.5. The Balaban J connectivity index is 1.28. The summed E-state index contributed by atoms with van der Waals surface area (Å²) in [5.74, 6) is 0.244. The topological polar surface area (TPSA) is 77.1 Å². The van der Waals surface area contributed by atoms with Gasteiger partial charge in [0.25, 0.3) is 7.82 Å². The van der Waals surface area contributed by atoms with Crippen LogP contribution in [-0.4, -0.2) is 63.2 Å². The Morgan fingerprint density at radius 3 is 2.02 bits per heavy atom. The average Bonchev–Trinajstić information content (AvgIpc) is 3.16. The molecule has 2 fully saturated rings. The number of quaternary nitrogens is 1. The molecule has 0 N–H and O–H groups in total. The molecular formula is C36H64NO6P. The minimum absolute atomic E-state index is 0.107. The lowest BCUT2D eigenvalue weighted by molar-refractivity contribution is -0.934. The summed E-state index contributed by atoms with van der Waals surface area (Å²) in [6.45, 7) is 3.68. The summed E-state index contributed by atoms with van der Waals surface area (Å²) in [5, 5.41) is 0. The standard InChI is InChI=1S/C36H64NO6P/c1-4-5-6-7-8-9-10-11-12-13-14-15-16-20-27-40-30-35(41-28-32-21-18-17-19-22-32)31-43-44(38,39)42-29-33-23-24-34-25-26-36(33)37(34,2)3/h17-19,21-22,33-36H,4-16,20,23-31H2,1-3H3. The molecule has 0 spiro atoms. The number of piperidine rings is 1. The van der Waals surface area contributed by atoms with E-state index in [1.165, 1.54) is 83.5 Å². The summed E-state index contributed by atoms with van der Waals surface area (Å²) in [6, 6.07) is 11.0. The molecule has 254 valence electrons. The highest BCUT2D eigenvalue weighted by atomic mass is 31.2. The smallest absolute Gasteiger partial charge is 0.267 e. The van der Waals surface area contributed by atoms with Crippen LogP contribution < -0.4 is 4.89 Å². The quantitative estimate of drug-likeness (QED) is 0.0575. The molecule has 0 amide bonds. The van der Waals surface area contributed by atoms with Gasteiger partial charge in [-0.1, -0.05) is 121 Å². The number of benzene rings is 1. The lowest BCUT2D eigenvalue weighted by Gasteiger charge is -2.45. The van der Waals surface area contributed by atoms with E-state index < -0.39 is 13.9 Å². The van der Waals surface area contributed by atoms with Gasteiger partial charge in [0.2, 0.25) is 0 Å². The first-order chi connectivity index (χ1) is 21.3. The molecule has 1 aromatic rings. The first-order valence-corrected chi connectivity index (χ1v) is 19.4. The Hall–Kier alpha value is -0.790. The van der Waals surface area contributed by atoms with Gasteiger partial charge in [-0.3, -0.25) is 4.57 Å². The molecular weight excluding hydrogens is 573 g/mol. The van der Waals surface area contributed by atoms with Gasteiger partial charge in [0.15, 0.2) is 0 Å². The second kappa shape index (κ2) is 21.2. The van der Waals surface area contributed by atoms with Crippen LogP contribution in [0.2, 0.25) is 0 Å². The van der Waals surface area contributed by atoms with Crippen LogP contribution in [-0.2, 0) is 29.7 Å². The fraction of sp³-hybridized carbons (Fsp3) is 0.833. The first kappa shape index (κ1) is 37.7. The number of rotatable bonds is 26. The fourth-order valence-corrected chi connectivity index (χ4v) is 8.09. The fourth-order valence-electron chi connectivity index (χ4n) is 7.29. The molecule has 2 aliphatic heterocycles. The second-order valence-corrected chi connectivity index (χ2v) is 15.3. The molecule has 3 rings (SSSR count). The molecule has 0 aliphatic carbocycles. The number of phosphoric ester groups is 1. The molecule has 0 saturated carbocycles. The van der Waals surface area contributed by atoms with Crippen LogP contribution >= 0.6 is 7.82 Å². The summed E-state index contributed by atoms with van der Waals surface area (Å²) in [7, 11) is 0.104. The van der Waals surface area contributed by atoms with Gasteiger partial charge in [0, 0.05) is 31.8 Å². The van der Waals surface area contributed by atoms with E-state index in [-0.39, 0.29) is 19.1 Å². The average molecular weight is 638 g/mol. The second-order valence-electron chi connectivity index (χ2n) is 13.9.